The van der Waals surface area contributed by atoms with Crippen molar-refractivity contribution in [2.75, 3.05) is 18.0 Å². The maximum Gasteiger partial charge on any atom is 0.252 e. The summed E-state index contributed by atoms with van der Waals surface area (Å²) in [6.45, 7) is 2.05. The van der Waals surface area contributed by atoms with E-state index < -0.39 is 0 Å². The molecule has 1 unspecified atom stereocenters. The molecule has 3 aliphatic rings. The molecule has 0 aromatic carbocycles. The van der Waals surface area contributed by atoms with Gasteiger partial charge in [-0.15, -0.1) is 0 Å². The van der Waals surface area contributed by atoms with Crippen LogP contribution in [0.25, 0.3) is 0 Å². The monoisotopic (exact) mass is 274 g/mol. The van der Waals surface area contributed by atoms with E-state index >= 15 is 0 Å². The normalized spacial score (nSPS) is 33.2. The summed E-state index contributed by atoms with van der Waals surface area (Å²) in [5.74, 6) is 3.67. The topological polar surface area (TPSA) is 75.0 Å². The molecule has 108 valence electrons. The van der Waals surface area contributed by atoms with Crippen LogP contribution in [0.1, 0.15) is 43.8 Å². The molecule has 3 atom stereocenters. The van der Waals surface area contributed by atoms with Crippen LogP contribution in [0, 0.1) is 11.8 Å². The molecule has 0 spiro atoms. The molecule has 2 aliphatic carbocycles. The van der Waals surface area contributed by atoms with Crippen molar-refractivity contribution in [1.82, 2.24) is 9.97 Å². The largest absolute Gasteiger partial charge is 0.356 e. The van der Waals surface area contributed by atoms with E-state index in [1.807, 2.05) is 0 Å². The molecule has 1 aliphatic heterocycles. The molecule has 3 N–H and O–H groups in total. The van der Waals surface area contributed by atoms with Gasteiger partial charge in [0, 0.05) is 31.1 Å². The molecule has 3 fully saturated rings. The summed E-state index contributed by atoms with van der Waals surface area (Å²) in [6, 6.07) is 2.02. The van der Waals surface area contributed by atoms with Crippen molar-refractivity contribution in [3.8, 4) is 0 Å². The van der Waals surface area contributed by atoms with Gasteiger partial charge in [-0.3, -0.25) is 4.79 Å². The number of fused-ring (bicyclic) bond motifs is 1. The summed E-state index contributed by atoms with van der Waals surface area (Å²) >= 11 is 0. The van der Waals surface area contributed by atoms with Gasteiger partial charge in [0.15, 0.2) is 0 Å². The van der Waals surface area contributed by atoms with Crippen LogP contribution in [-0.2, 0) is 0 Å². The van der Waals surface area contributed by atoms with Crippen LogP contribution in [0.4, 0.5) is 5.82 Å². The number of nitrogens with one attached hydrogen (secondary N) is 1. The van der Waals surface area contributed by atoms with Gasteiger partial charge in [0.25, 0.3) is 5.56 Å². The van der Waals surface area contributed by atoms with E-state index in [-0.39, 0.29) is 5.56 Å². The number of hydrogen-bond acceptors (Lipinski definition) is 4. The minimum atomic E-state index is -0.0107. The lowest BCUT2D eigenvalue weighted by Gasteiger charge is -2.27. The smallest absolute Gasteiger partial charge is 0.252 e. The fraction of sp³-hybridized carbons (Fsp3) is 0.733. The van der Waals surface area contributed by atoms with Crippen LogP contribution in [0.2, 0.25) is 0 Å². The van der Waals surface area contributed by atoms with Crippen LogP contribution in [-0.4, -0.2) is 29.1 Å². The summed E-state index contributed by atoms with van der Waals surface area (Å²) in [5.41, 5.74) is 6.07. The Kier molecular flexibility index (Phi) is 2.84. The van der Waals surface area contributed by atoms with Gasteiger partial charge >= 0.3 is 0 Å². The Morgan fingerprint density at radius 3 is 2.80 bits per heavy atom. The van der Waals surface area contributed by atoms with Gasteiger partial charge < -0.3 is 15.6 Å². The van der Waals surface area contributed by atoms with E-state index in [0.29, 0.717) is 17.9 Å². The highest BCUT2D eigenvalue weighted by Crippen LogP contribution is 2.39. The molecule has 5 heteroatoms. The number of rotatable bonds is 2. The number of aromatic nitrogens is 2. The molecule has 0 bridgehead atoms. The zero-order valence-electron chi connectivity index (χ0n) is 11.7. The highest BCUT2D eigenvalue weighted by atomic mass is 16.1. The van der Waals surface area contributed by atoms with Gasteiger partial charge in [0.2, 0.25) is 0 Å². The summed E-state index contributed by atoms with van der Waals surface area (Å²) in [7, 11) is 0. The number of aromatic amines is 1. The molecule has 0 radical (unpaired) electrons. The van der Waals surface area contributed by atoms with E-state index in [4.69, 9.17) is 10.7 Å². The van der Waals surface area contributed by atoms with Crippen LogP contribution in [0.5, 0.6) is 0 Å². The maximum atomic E-state index is 11.8. The van der Waals surface area contributed by atoms with Crippen molar-refractivity contribution in [3.05, 3.63) is 22.2 Å². The lowest BCUT2D eigenvalue weighted by atomic mass is 9.79. The lowest BCUT2D eigenvalue weighted by molar-refractivity contribution is 0.271. The van der Waals surface area contributed by atoms with Gasteiger partial charge in [-0.1, -0.05) is 0 Å². The van der Waals surface area contributed by atoms with E-state index in [1.165, 1.54) is 6.42 Å². The van der Waals surface area contributed by atoms with Crippen molar-refractivity contribution in [2.24, 2.45) is 17.6 Å². The molecule has 1 aromatic heterocycles. The molecule has 1 aromatic rings. The molecule has 2 saturated carbocycles. The SMILES string of the molecule is NC1CC[C@@H]2CN(c3cc(=O)[nH]c(C4CC4)n3)C[C@@H]2C1. The van der Waals surface area contributed by atoms with Crippen LogP contribution >= 0.6 is 0 Å². The third-order valence-electron chi connectivity index (χ3n) is 5.12. The molecule has 1 saturated heterocycles. The Hall–Kier alpha value is -1.36. The number of hydrogen-bond donors (Lipinski definition) is 2. The first-order valence-electron chi connectivity index (χ1n) is 7.81. The summed E-state index contributed by atoms with van der Waals surface area (Å²) in [6.07, 6.45) is 5.81. The fourth-order valence-electron chi connectivity index (χ4n) is 3.83. The highest BCUT2D eigenvalue weighted by Gasteiger charge is 2.37. The third kappa shape index (κ3) is 2.24. The summed E-state index contributed by atoms with van der Waals surface area (Å²) in [4.78, 5) is 21.7. The van der Waals surface area contributed by atoms with Gasteiger partial charge in [-0.05, 0) is 43.9 Å². The predicted octanol–water partition coefficient (Wildman–Crippen LogP) is 1.21. The third-order valence-corrected chi connectivity index (χ3v) is 5.12. The van der Waals surface area contributed by atoms with Crippen molar-refractivity contribution >= 4 is 5.82 Å². The second-order valence-electron chi connectivity index (χ2n) is 6.76. The van der Waals surface area contributed by atoms with Crippen molar-refractivity contribution in [1.29, 1.82) is 0 Å². The number of nitrogens with two attached hydrogens (primary N) is 1. The van der Waals surface area contributed by atoms with Gasteiger partial charge in [-0.2, -0.15) is 0 Å². The van der Waals surface area contributed by atoms with Crippen LogP contribution in [0.3, 0.4) is 0 Å². The second kappa shape index (κ2) is 4.58. The molecule has 0 amide bonds. The van der Waals surface area contributed by atoms with Gasteiger partial charge in [0.05, 0.1) is 0 Å². The Morgan fingerprint density at radius 2 is 2.00 bits per heavy atom. The Balaban J connectivity index is 1.57. The predicted molar refractivity (Wildman–Crippen MR) is 77.9 cm³/mol. The van der Waals surface area contributed by atoms with E-state index in [2.05, 4.69) is 9.88 Å². The van der Waals surface area contributed by atoms with Crippen molar-refractivity contribution in [3.63, 3.8) is 0 Å². The number of H-pyrrole nitrogens is 1. The zero-order chi connectivity index (χ0) is 13.7. The molecule has 2 heterocycles. The van der Waals surface area contributed by atoms with E-state index in [9.17, 15) is 4.79 Å². The van der Waals surface area contributed by atoms with Crippen LogP contribution in [0.15, 0.2) is 10.9 Å². The average molecular weight is 274 g/mol. The summed E-state index contributed by atoms with van der Waals surface area (Å²) < 4.78 is 0. The summed E-state index contributed by atoms with van der Waals surface area (Å²) in [5, 5.41) is 0. The molecule has 4 rings (SSSR count). The average Bonchev–Trinajstić information content (AvgIpc) is 3.18. The fourth-order valence-corrected chi connectivity index (χ4v) is 3.83. The minimum Gasteiger partial charge on any atom is -0.356 e. The molecular formula is C15H22N4O. The lowest BCUT2D eigenvalue weighted by Crippen LogP contribution is -2.32. The standard InChI is InChI=1S/C15H22N4O/c16-12-4-3-10-7-19(8-11(10)5-12)13-6-14(20)18-15(17-13)9-1-2-9/h6,9-12H,1-5,7-8,16H2,(H,17,18,20)/t10-,11+,12?/m1/s1. The second-order valence-corrected chi connectivity index (χ2v) is 6.76. The van der Waals surface area contributed by atoms with E-state index in [0.717, 1.165) is 56.3 Å². The van der Waals surface area contributed by atoms with Gasteiger partial charge in [-0.25, -0.2) is 4.98 Å². The maximum absolute atomic E-state index is 11.8. The van der Waals surface area contributed by atoms with Crippen molar-refractivity contribution < 1.29 is 0 Å². The first-order valence-corrected chi connectivity index (χ1v) is 7.81. The zero-order valence-corrected chi connectivity index (χ0v) is 11.7. The Morgan fingerprint density at radius 1 is 1.20 bits per heavy atom. The first-order chi connectivity index (χ1) is 9.69. The Labute approximate surface area is 118 Å². The van der Waals surface area contributed by atoms with E-state index in [1.54, 1.807) is 6.07 Å². The molecular weight excluding hydrogens is 252 g/mol. The van der Waals surface area contributed by atoms with Gasteiger partial charge in [0.1, 0.15) is 11.6 Å². The van der Waals surface area contributed by atoms with Crippen molar-refractivity contribution in [2.45, 2.75) is 44.1 Å². The highest BCUT2D eigenvalue weighted by molar-refractivity contribution is 5.40. The number of nitrogens with zero attached hydrogens (tertiary/aromatic N) is 2. The number of anilines is 1. The molecule has 5 nitrogen and oxygen atoms in total. The minimum absolute atomic E-state index is 0.0107. The van der Waals surface area contributed by atoms with Crippen LogP contribution < -0.4 is 16.2 Å². The molecule has 20 heavy (non-hydrogen) atoms. The first kappa shape index (κ1) is 12.4. The quantitative estimate of drug-likeness (QED) is 0.850. The Bertz CT molecular complexity index is 565.